The standard InChI is InChI=1S/C23H16N2O2S/c1-26-18-11-10-15(13-6-2-3-7-14(13)18)20-17(12-24)23(25)27-21-16-8-4-5-9-19(16)28-22(20)21/h2-11,20H,25H2,1H3. The van der Waals surface area contributed by atoms with E-state index in [1.807, 2.05) is 48.5 Å². The number of fused-ring (bicyclic) bond motifs is 4. The van der Waals surface area contributed by atoms with Crippen LogP contribution in [0.4, 0.5) is 0 Å². The van der Waals surface area contributed by atoms with Crippen LogP contribution in [0.1, 0.15) is 16.4 Å². The van der Waals surface area contributed by atoms with E-state index in [2.05, 4.69) is 18.2 Å². The number of allylic oxidation sites excluding steroid dienone is 1. The van der Waals surface area contributed by atoms with Crippen LogP contribution < -0.4 is 15.2 Å². The third-order valence-electron chi connectivity index (χ3n) is 5.17. The highest BCUT2D eigenvalue weighted by molar-refractivity contribution is 7.19. The summed E-state index contributed by atoms with van der Waals surface area (Å²) in [5.74, 6) is 1.45. The molecule has 0 radical (unpaired) electrons. The second-order valence-corrected chi connectivity index (χ2v) is 7.70. The minimum absolute atomic E-state index is 0.170. The van der Waals surface area contributed by atoms with Crippen LogP contribution in [0.3, 0.4) is 0 Å². The Balaban J connectivity index is 1.85. The second-order valence-electron chi connectivity index (χ2n) is 6.62. The Hall–Kier alpha value is -3.49. The smallest absolute Gasteiger partial charge is 0.205 e. The van der Waals surface area contributed by atoms with E-state index in [0.29, 0.717) is 5.57 Å². The lowest BCUT2D eigenvalue weighted by Gasteiger charge is -2.25. The number of thiophene rings is 1. The van der Waals surface area contributed by atoms with Crippen LogP contribution in [0.2, 0.25) is 0 Å². The molecule has 4 aromatic rings. The summed E-state index contributed by atoms with van der Waals surface area (Å²) < 4.78 is 12.6. The third-order valence-corrected chi connectivity index (χ3v) is 6.39. The largest absolute Gasteiger partial charge is 0.496 e. The van der Waals surface area contributed by atoms with Crippen molar-refractivity contribution in [1.82, 2.24) is 0 Å². The van der Waals surface area contributed by atoms with Crippen molar-refractivity contribution >= 4 is 32.2 Å². The molecule has 0 fully saturated rings. The molecule has 5 heteroatoms. The Morgan fingerprint density at radius 1 is 1.00 bits per heavy atom. The molecule has 3 aromatic carbocycles. The summed E-state index contributed by atoms with van der Waals surface area (Å²) in [6.45, 7) is 0. The van der Waals surface area contributed by atoms with Crippen LogP contribution in [-0.4, -0.2) is 7.11 Å². The van der Waals surface area contributed by atoms with Crippen molar-refractivity contribution in [2.24, 2.45) is 5.73 Å². The molecular formula is C23H16N2O2S. The van der Waals surface area contributed by atoms with Gasteiger partial charge in [0.25, 0.3) is 0 Å². The SMILES string of the molecule is COc1ccc(C2C(C#N)=C(N)Oc3c2sc2ccccc32)c2ccccc12. The Kier molecular flexibility index (Phi) is 3.75. The fourth-order valence-corrected chi connectivity index (χ4v) is 5.18. The van der Waals surface area contributed by atoms with E-state index in [4.69, 9.17) is 15.2 Å². The highest BCUT2D eigenvalue weighted by Gasteiger charge is 2.34. The molecule has 4 nitrogen and oxygen atoms in total. The number of nitrogens with zero attached hydrogens (tertiary/aromatic N) is 1. The van der Waals surface area contributed by atoms with E-state index in [-0.39, 0.29) is 11.8 Å². The minimum atomic E-state index is -0.276. The predicted octanol–water partition coefficient (Wildman–Crippen LogP) is 5.28. The molecule has 0 spiro atoms. The molecule has 28 heavy (non-hydrogen) atoms. The first-order valence-corrected chi connectivity index (χ1v) is 9.69. The lowest BCUT2D eigenvalue weighted by molar-refractivity contribution is 0.401. The van der Waals surface area contributed by atoms with Gasteiger partial charge in [0.2, 0.25) is 5.88 Å². The molecule has 0 saturated heterocycles. The molecule has 1 unspecified atom stereocenters. The monoisotopic (exact) mass is 384 g/mol. The van der Waals surface area contributed by atoms with Gasteiger partial charge in [-0.2, -0.15) is 5.26 Å². The van der Waals surface area contributed by atoms with Gasteiger partial charge in [-0.1, -0.05) is 42.5 Å². The maximum Gasteiger partial charge on any atom is 0.205 e. The molecule has 5 rings (SSSR count). The van der Waals surface area contributed by atoms with Gasteiger partial charge < -0.3 is 15.2 Å². The first-order chi connectivity index (χ1) is 13.7. The summed E-state index contributed by atoms with van der Waals surface area (Å²) in [5, 5.41) is 12.9. The average Bonchev–Trinajstić information content (AvgIpc) is 3.10. The topological polar surface area (TPSA) is 68.3 Å². The summed E-state index contributed by atoms with van der Waals surface area (Å²) in [7, 11) is 1.67. The number of ether oxygens (including phenoxy) is 2. The van der Waals surface area contributed by atoms with Gasteiger partial charge in [0.15, 0.2) is 5.75 Å². The normalized spacial score (nSPS) is 15.9. The zero-order valence-electron chi connectivity index (χ0n) is 15.1. The highest BCUT2D eigenvalue weighted by atomic mass is 32.1. The first-order valence-electron chi connectivity index (χ1n) is 8.87. The second kappa shape index (κ2) is 6.29. The zero-order valence-corrected chi connectivity index (χ0v) is 15.9. The molecular weight excluding hydrogens is 368 g/mol. The van der Waals surface area contributed by atoms with Gasteiger partial charge in [-0.05, 0) is 29.1 Å². The van der Waals surface area contributed by atoms with Gasteiger partial charge in [0, 0.05) is 15.5 Å². The number of hydrogen-bond acceptors (Lipinski definition) is 5. The summed E-state index contributed by atoms with van der Waals surface area (Å²) in [6.07, 6.45) is 0. The molecule has 0 saturated carbocycles. The van der Waals surface area contributed by atoms with Crippen LogP contribution in [0, 0.1) is 11.3 Å². The molecule has 136 valence electrons. The predicted molar refractivity (Wildman–Crippen MR) is 112 cm³/mol. The molecule has 0 aliphatic carbocycles. The van der Waals surface area contributed by atoms with E-state index in [1.54, 1.807) is 18.4 Å². The van der Waals surface area contributed by atoms with Crippen LogP contribution in [0.25, 0.3) is 20.9 Å². The number of nitrogens with two attached hydrogens (primary N) is 1. The average molecular weight is 384 g/mol. The minimum Gasteiger partial charge on any atom is -0.496 e. The number of benzene rings is 3. The lowest BCUT2D eigenvalue weighted by atomic mass is 9.85. The molecule has 1 aliphatic heterocycles. The molecule has 0 bridgehead atoms. The van der Waals surface area contributed by atoms with Gasteiger partial charge in [0.1, 0.15) is 17.4 Å². The van der Waals surface area contributed by atoms with Crippen molar-refractivity contribution in [1.29, 1.82) is 5.26 Å². The number of nitriles is 1. The number of methoxy groups -OCH3 is 1. The van der Waals surface area contributed by atoms with Gasteiger partial charge in [-0.3, -0.25) is 0 Å². The van der Waals surface area contributed by atoms with Crippen molar-refractivity contribution in [3.63, 3.8) is 0 Å². The molecule has 2 heterocycles. The maximum absolute atomic E-state index is 9.88. The van der Waals surface area contributed by atoms with E-state index in [1.165, 1.54) is 0 Å². The van der Waals surface area contributed by atoms with E-state index < -0.39 is 0 Å². The van der Waals surface area contributed by atoms with E-state index in [0.717, 1.165) is 42.8 Å². The number of hydrogen-bond donors (Lipinski definition) is 1. The maximum atomic E-state index is 9.88. The lowest BCUT2D eigenvalue weighted by Crippen LogP contribution is -2.20. The van der Waals surface area contributed by atoms with Crippen LogP contribution in [-0.2, 0) is 0 Å². The fourth-order valence-electron chi connectivity index (χ4n) is 3.92. The molecule has 1 aromatic heterocycles. The van der Waals surface area contributed by atoms with Crippen molar-refractivity contribution < 1.29 is 9.47 Å². The van der Waals surface area contributed by atoms with Gasteiger partial charge in [-0.25, -0.2) is 0 Å². The van der Waals surface area contributed by atoms with Crippen molar-refractivity contribution in [3.8, 4) is 17.6 Å². The quantitative estimate of drug-likeness (QED) is 0.510. The molecule has 1 aliphatic rings. The van der Waals surface area contributed by atoms with Gasteiger partial charge in [-0.15, -0.1) is 11.3 Å². The summed E-state index contributed by atoms with van der Waals surface area (Å²) >= 11 is 1.65. The summed E-state index contributed by atoms with van der Waals surface area (Å²) in [5.41, 5.74) is 7.66. The van der Waals surface area contributed by atoms with E-state index >= 15 is 0 Å². The van der Waals surface area contributed by atoms with Crippen LogP contribution in [0.5, 0.6) is 11.5 Å². The van der Waals surface area contributed by atoms with Crippen molar-refractivity contribution in [2.75, 3.05) is 7.11 Å². The third kappa shape index (κ3) is 2.29. The Morgan fingerprint density at radius 2 is 1.71 bits per heavy atom. The summed E-state index contributed by atoms with van der Waals surface area (Å²) in [6, 6.07) is 22.4. The summed E-state index contributed by atoms with van der Waals surface area (Å²) in [4.78, 5) is 1.00. The molecule has 1 atom stereocenters. The van der Waals surface area contributed by atoms with Crippen molar-refractivity contribution in [2.45, 2.75) is 5.92 Å². The number of rotatable bonds is 2. The highest BCUT2D eigenvalue weighted by Crippen LogP contribution is 2.51. The Bertz CT molecular complexity index is 1310. The first kappa shape index (κ1) is 16.7. The zero-order chi connectivity index (χ0) is 19.3. The Morgan fingerprint density at radius 3 is 2.46 bits per heavy atom. The fraction of sp³-hybridized carbons (Fsp3) is 0.0870. The van der Waals surface area contributed by atoms with Crippen LogP contribution in [0.15, 0.2) is 72.1 Å². The molecule has 0 amide bonds. The van der Waals surface area contributed by atoms with Crippen LogP contribution >= 0.6 is 11.3 Å². The molecule has 2 N–H and O–H groups in total. The van der Waals surface area contributed by atoms with E-state index in [9.17, 15) is 5.26 Å². The van der Waals surface area contributed by atoms with Gasteiger partial charge >= 0.3 is 0 Å². The Labute approximate surface area is 166 Å². The van der Waals surface area contributed by atoms with Crippen molar-refractivity contribution in [3.05, 3.63) is 82.6 Å². The van der Waals surface area contributed by atoms with Gasteiger partial charge in [0.05, 0.1) is 17.9 Å².